The van der Waals surface area contributed by atoms with E-state index in [1.54, 1.807) is 26.8 Å². The van der Waals surface area contributed by atoms with Crippen molar-refractivity contribution in [2.45, 2.75) is 38.8 Å². The summed E-state index contributed by atoms with van der Waals surface area (Å²) < 4.78 is 10.0. The fourth-order valence-electron chi connectivity index (χ4n) is 2.58. The smallest absolute Gasteiger partial charge is 0.408 e. The molecule has 2 aromatic rings. The third-order valence-corrected chi connectivity index (χ3v) is 3.65. The van der Waals surface area contributed by atoms with E-state index in [4.69, 9.17) is 9.47 Å². The van der Waals surface area contributed by atoms with Crippen LogP contribution in [0, 0.1) is 0 Å². The number of fused-ring (bicyclic) bond motifs is 1. The molecule has 1 aromatic carbocycles. The molecule has 1 atom stereocenters. The van der Waals surface area contributed by atoms with Crippen molar-refractivity contribution >= 4 is 29.0 Å². The quantitative estimate of drug-likeness (QED) is 0.815. The molecule has 25 heavy (non-hydrogen) atoms. The molecule has 0 saturated carbocycles. The van der Waals surface area contributed by atoms with Crippen LogP contribution in [0.1, 0.15) is 31.9 Å². The van der Waals surface area contributed by atoms with Crippen molar-refractivity contribution in [1.29, 1.82) is 0 Å². The Hall–Kier alpha value is -2.76. The van der Waals surface area contributed by atoms with Crippen molar-refractivity contribution in [2.75, 3.05) is 7.11 Å². The normalized spacial score (nSPS) is 12.5. The molecule has 2 N–H and O–H groups in total. The molecule has 1 aromatic heterocycles. The van der Waals surface area contributed by atoms with Gasteiger partial charge in [0.25, 0.3) is 0 Å². The first-order valence-electron chi connectivity index (χ1n) is 8.04. The lowest BCUT2D eigenvalue weighted by atomic mass is 10.0. The number of methoxy groups -OCH3 is 1. The van der Waals surface area contributed by atoms with Crippen molar-refractivity contribution in [3.8, 4) is 0 Å². The van der Waals surface area contributed by atoms with Crippen LogP contribution in [-0.2, 0) is 20.7 Å². The molecule has 0 saturated heterocycles. The van der Waals surface area contributed by atoms with E-state index in [1.165, 1.54) is 7.11 Å². The monoisotopic (exact) mass is 344 g/mol. The van der Waals surface area contributed by atoms with Gasteiger partial charge in [0.2, 0.25) is 0 Å². The van der Waals surface area contributed by atoms with Crippen LogP contribution in [0.15, 0.2) is 31.0 Å². The van der Waals surface area contributed by atoms with Gasteiger partial charge in [-0.25, -0.2) is 9.59 Å². The van der Waals surface area contributed by atoms with E-state index >= 15 is 0 Å². The fourth-order valence-corrected chi connectivity index (χ4v) is 2.58. The van der Waals surface area contributed by atoms with Crippen LogP contribution in [-0.4, -0.2) is 35.8 Å². The summed E-state index contributed by atoms with van der Waals surface area (Å²) in [6.07, 6.45) is 3.21. The van der Waals surface area contributed by atoms with E-state index in [0.29, 0.717) is 0 Å². The average molecular weight is 344 g/mol. The third-order valence-electron chi connectivity index (χ3n) is 3.65. The zero-order chi connectivity index (χ0) is 18.6. The molecular formula is C19H24N2O4. The predicted molar refractivity (Wildman–Crippen MR) is 97.3 cm³/mol. The molecule has 0 fully saturated rings. The molecule has 0 aliphatic carbocycles. The maximum absolute atomic E-state index is 12.1. The number of H-pyrrole nitrogens is 1. The summed E-state index contributed by atoms with van der Waals surface area (Å²) >= 11 is 0. The Kier molecular flexibility index (Phi) is 5.51. The number of carbonyl (C=O) groups is 2. The summed E-state index contributed by atoms with van der Waals surface area (Å²) in [5.41, 5.74) is 2.15. The minimum Gasteiger partial charge on any atom is -0.467 e. The Morgan fingerprint density at radius 3 is 2.68 bits per heavy atom. The van der Waals surface area contributed by atoms with E-state index < -0.39 is 23.7 Å². The second-order valence-corrected chi connectivity index (χ2v) is 6.71. The van der Waals surface area contributed by atoms with Gasteiger partial charge in [-0.2, -0.15) is 0 Å². The molecule has 1 heterocycles. The molecule has 0 radical (unpaired) electrons. The molecule has 0 aliphatic rings. The van der Waals surface area contributed by atoms with E-state index in [2.05, 4.69) is 16.9 Å². The van der Waals surface area contributed by atoms with Crippen molar-refractivity contribution in [1.82, 2.24) is 10.3 Å². The van der Waals surface area contributed by atoms with E-state index in [0.717, 1.165) is 22.0 Å². The maximum atomic E-state index is 12.1. The van der Waals surface area contributed by atoms with Crippen molar-refractivity contribution in [3.05, 3.63) is 42.1 Å². The molecule has 2 rings (SSSR count). The summed E-state index contributed by atoms with van der Waals surface area (Å²) in [4.78, 5) is 27.3. The summed E-state index contributed by atoms with van der Waals surface area (Å²) in [6.45, 7) is 9.08. The van der Waals surface area contributed by atoms with Gasteiger partial charge in [-0.15, -0.1) is 0 Å². The molecule has 134 valence electrons. The van der Waals surface area contributed by atoms with Crippen LogP contribution < -0.4 is 5.32 Å². The van der Waals surface area contributed by atoms with Gasteiger partial charge < -0.3 is 19.8 Å². The highest BCUT2D eigenvalue weighted by molar-refractivity contribution is 5.91. The van der Waals surface area contributed by atoms with Crippen LogP contribution in [0.5, 0.6) is 0 Å². The Morgan fingerprint density at radius 1 is 1.36 bits per heavy atom. The van der Waals surface area contributed by atoms with E-state index in [1.807, 2.05) is 24.4 Å². The number of hydrogen-bond donors (Lipinski definition) is 2. The zero-order valence-corrected chi connectivity index (χ0v) is 15.0. The lowest BCUT2D eigenvalue weighted by Crippen LogP contribution is -2.45. The maximum Gasteiger partial charge on any atom is 0.408 e. The Morgan fingerprint density at radius 2 is 2.08 bits per heavy atom. The van der Waals surface area contributed by atoms with Crippen molar-refractivity contribution in [2.24, 2.45) is 0 Å². The lowest BCUT2D eigenvalue weighted by molar-refractivity contribution is -0.143. The van der Waals surface area contributed by atoms with Crippen LogP contribution >= 0.6 is 0 Å². The summed E-state index contributed by atoms with van der Waals surface area (Å²) in [5, 5.41) is 3.56. The van der Waals surface area contributed by atoms with Crippen molar-refractivity contribution in [3.63, 3.8) is 0 Å². The van der Waals surface area contributed by atoms with Crippen LogP contribution in [0.3, 0.4) is 0 Å². The van der Waals surface area contributed by atoms with Crippen LogP contribution in [0.4, 0.5) is 4.79 Å². The molecule has 0 aliphatic heterocycles. The number of alkyl carbamates (subject to hydrolysis) is 1. The lowest BCUT2D eigenvalue weighted by Gasteiger charge is -2.22. The first kappa shape index (κ1) is 18.6. The highest BCUT2D eigenvalue weighted by atomic mass is 16.6. The number of para-hydroxylation sites is 1. The predicted octanol–water partition coefficient (Wildman–Crippen LogP) is 3.42. The average Bonchev–Trinajstić information content (AvgIpc) is 2.94. The van der Waals surface area contributed by atoms with E-state index in [-0.39, 0.29) is 6.42 Å². The summed E-state index contributed by atoms with van der Waals surface area (Å²) in [6, 6.07) is 4.99. The number of carbonyl (C=O) groups excluding carboxylic acids is 2. The number of amides is 1. The van der Waals surface area contributed by atoms with Gasteiger partial charge in [-0.3, -0.25) is 0 Å². The molecule has 6 heteroatoms. The highest BCUT2D eigenvalue weighted by Crippen LogP contribution is 2.23. The number of benzene rings is 1. The SMILES string of the molecule is C=Cc1cccc2c(C[C@H](NC(=O)OC(C)(C)C)C(=O)OC)c[nH]c12. The number of aromatic nitrogens is 1. The number of nitrogens with one attached hydrogen (secondary N) is 2. The minimum atomic E-state index is -0.841. The molecule has 0 unspecified atom stereocenters. The standard InChI is InChI=1S/C19H24N2O4/c1-6-12-8-7-9-14-13(11-20-16(12)14)10-15(17(22)24-5)21-18(23)25-19(2,3)4/h6-9,11,15,20H,1,10H2,2-5H3,(H,21,23)/t15-/m0/s1. The number of rotatable bonds is 5. The van der Waals surface area contributed by atoms with Crippen molar-refractivity contribution < 1.29 is 19.1 Å². The second kappa shape index (κ2) is 7.42. The van der Waals surface area contributed by atoms with Gasteiger partial charge in [-0.1, -0.05) is 30.9 Å². The largest absolute Gasteiger partial charge is 0.467 e. The van der Waals surface area contributed by atoms with Gasteiger partial charge in [0, 0.05) is 18.0 Å². The van der Waals surface area contributed by atoms with Crippen LogP contribution in [0.2, 0.25) is 0 Å². The molecular weight excluding hydrogens is 320 g/mol. The molecule has 0 spiro atoms. The van der Waals surface area contributed by atoms with E-state index in [9.17, 15) is 9.59 Å². The first-order chi connectivity index (χ1) is 11.7. The zero-order valence-electron chi connectivity index (χ0n) is 15.0. The van der Waals surface area contributed by atoms with Gasteiger partial charge in [0.05, 0.1) is 12.6 Å². The number of aromatic amines is 1. The summed E-state index contributed by atoms with van der Waals surface area (Å²) in [5.74, 6) is -0.528. The molecule has 6 nitrogen and oxygen atoms in total. The number of hydrogen-bond acceptors (Lipinski definition) is 4. The topological polar surface area (TPSA) is 80.4 Å². The molecule has 1 amide bonds. The molecule has 0 bridgehead atoms. The van der Waals surface area contributed by atoms with Gasteiger partial charge in [0.15, 0.2) is 0 Å². The number of esters is 1. The third kappa shape index (κ3) is 4.62. The highest BCUT2D eigenvalue weighted by Gasteiger charge is 2.26. The van der Waals surface area contributed by atoms with Gasteiger partial charge >= 0.3 is 12.1 Å². The summed E-state index contributed by atoms with van der Waals surface area (Å²) in [7, 11) is 1.29. The fraction of sp³-hybridized carbons (Fsp3) is 0.368. The Balaban J connectivity index is 2.24. The van der Waals surface area contributed by atoms with Gasteiger partial charge in [0.1, 0.15) is 11.6 Å². The van der Waals surface area contributed by atoms with Crippen LogP contribution in [0.25, 0.3) is 17.0 Å². The first-order valence-corrected chi connectivity index (χ1v) is 8.04. The Labute approximate surface area is 147 Å². The minimum absolute atomic E-state index is 0.284. The number of ether oxygens (including phenoxy) is 2. The second-order valence-electron chi connectivity index (χ2n) is 6.71. The Bertz CT molecular complexity index is 786. The van der Waals surface area contributed by atoms with Gasteiger partial charge in [-0.05, 0) is 31.9 Å².